The maximum absolute atomic E-state index is 10.9. The molecule has 104 valence electrons. The highest BCUT2D eigenvalue weighted by Gasteiger charge is 2.12. The minimum absolute atomic E-state index is 0.0762. The summed E-state index contributed by atoms with van der Waals surface area (Å²) in [7, 11) is 0. The Labute approximate surface area is 133 Å². The minimum atomic E-state index is -0.393. The van der Waals surface area contributed by atoms with Crippen LogP contribution in [0.5, 0.6) is 0 Å². The van der Waals surface area contributed by atoms with E-state index in [4.69, 9.17) is 0 Å². The molecule has 6 heteroatoms. The van der Waals surface area contributed by atoms with Gasteiger partial charge in [0.1, 0.15) is 0 Å². The average molecular weight is 400 g/mol. The second-order valence-electron chi connectivity index (χ2n) is 4.38. The van der Waals surface area contributed by atoms with Crippen LogP contribution in [0.15, 0.2) is 45.3 Å². The molecule has 2 rings (SSSR count). The standard InChI is InChI=1S/C14H12Br2N2O2/c1-9-2-5-13(12(16)6-9)17-8-10-3-4-11(15)14(7-10)18(19)20/h2-7,17H,8H2,1H3. The Balaban J connectivity index is 2.15. The Morgan fingerprint density at radius 2 is 1.90 bits per heavy atom. The molecule has 0 aliphatic heterocycles. The Hall–Kier alpha value is -1.40. The first-order valence-electron chi connectivity index (χ1n) is 5.90. The van der Waals surface area contributed by atoms with E-state index in [2.05, 4.69) is 37.2 Å². The van der Waals surface area contributed by atoms with E-state index in [0.29, 0.717) is 11.0 Å². The summed E-state index contributed by atoms with van der Waals surface area (Å²) in [6.45, 7) is 2.54. The zero-order valence-electron chi connectivity index (χ0n) is 10.7. The fraction of sp³-hybridized carbons (Fsp3) is 0.143. The van der Waals surface area contributed by atoms with Crippen molar-refractivity contribution < 1.29 is 4.92 Å². The fourth-order valence-electron chi connectivity index (χ4n) is 1.77. The van der Waals surface area contributed by atoms with Gasteiger partial charge in [-0.3, -0.25) is 10.1 Å². The molecule has 0 unspecified atom stereocenters. The molecular formula is C14H12Br2N2O2. The third kappa shape index (κ3) is 3.58. The molecule has 0 saturated heterocycles. The van der Waals surface area contributed by atoms with E-state index in [-0.39, 0.29) is 5.69 Å². The Morgan fingerprint density at radius 3 is 2.55 bits per heavy atom. The van der Waals surface area contributed by atoms with Gasteiger partial charge in [-0.1, -0.05) is 12.1 Å². The van der Waals surface area contributed by atoms with E-state index in [0.717, 1.165) is 15.7 Å². The number of hydrogen-bond donors (Lipinski definition) is 1. The maximum atomic E-state index is 10.9. The number of rotatable bonds is 4. The zero-order chi connectivity index (χ0) is 14.7. The van der Waals surface area contributed by atoms with Gasteiger partial charge < -0.3 is 5.32 Å². The molecule has 2 aromatic rings. The van der Waals surface area contributed by atoms with Crippen LogP contribution < -0.4 is 5.32 Å². The van der Waals surface area contributed by atoms with Gasteiger partial charge >= 0.3 is 0 Å². The van der Waals surface area contributed by atoms with Gasteiger partial charge in [0, 0.05) is 22.8 Å². The van der Waals surface area contributed by atoms with Crippen LogP contribution in [0.4, 0.5) is 11.4 Å². The summed E-state index contributed by atoms with van der Waals surface area (Å²) in [5.74, 6) is 0. The van der Waals surface area contributed by atoms with Crippen molar-refractivity contribution in [2.24, 2.45) is 0 Å². The van der Waals surface area contributed by atoms with Gasteiger partial charge in [-0.2, -0.15) is 0 Å². The van der Waals surface area contributed by atoms with Crippen molar-refractivity contribution in [3.63, 3.8) is 0 Å². The molecular weight excluding hydrogens is 388 g/mol. The monoisotopic (exact) mass is 398 g/mol. The number of nitro benzene ring substituents is 1. The molecule has 0 saturated carbocycles. The van der Waals surface area contributed by atoms with Gasteiger partial charge in [0.15, 0.2) is 0 Å². The lowest BCUT2D eigenvalue weighted by Crippen LogP contribution is -2.01. The van der Waals surface area contributed by atoms with E-state index in [1.54, 1.807) is 12.1 Å². The summed E-state index contributed by atoms with van der Waals surface area (Å²) in [6.07, 6.45) is 0. The Kier molecular flexibility index (Phi) is 4.77. The zero-order valence-corrected chi connectivity index (χ0v) is 13.9. The summed E-state index contributed by atoms with van der Waals surface area (Å²) >= 11 is 6.67. The van der Waals surface area contributed by atoms with Crippen molar-refractivity contribution in [2.45, 2.75) is 13.5 Å². The number of aryl methyl sites for hydroxylation is 1. The highest BCUT2D eigenvalue weighted by atomic mass is 79.9. The summed E-state index contributed by atoms with van der Waals surface area (Å²) < 4.78 is 1.46. The van der Waals surface area contributed by atoms with Gasteiger partial charge in [0.2, 0.25) is 0 Å². The van der Waals surface area contributed by atoms with E-state index < -0.39 is 4.92 Å². The van der Waals surface area contributed by atoms with Crippen molar-refractivity contribution in [3.05, 3.63) is 66.6 Å². The van der Waals surface area contributed by atoms with Gasteiger partial charge in [-0.15, -0.1) is 0 Å². The van der Waals surface area contributed by atoms with Crippen LogP contribution in [-0.2, 0) is 6.54 Å². The summed E-state index contributed by atoms with van der Waals surface area (Å²) in [6, 6.07) is 11.1. The van der Waals surface area contributed by atoms with Crippen LogP contribution in [0.3, 0.4) is 0 Å². The molecule has 0 amide bonds. The van der Waals surface area contributed by atoms with Gasteiger partial charge in [-0.25, -0.2) is 0 Å². The lowest BCUT2D eigenvalue weighted by Gasteiger charge is -2.09. The lowest BCUT2D eigenvalue weighted by atomic mass is 10.2. The van der Waals surface area contributed by atoms with Gasteiger partial charge in [0.05, 0.1) is 9.40 Å². The number of hydrogen-bond acceptors (Lipinski definition) is 3. The largest absolute Gasteiger partial charge is 0.380 e. The summed E-state index contributed by atoms with van der Waals surface area (Å²) in [4.78, 5) is 10.5. The van der Waals surface area contributed by atoms with Crippen molar-refractivity contribution in [3.8, 4) is 0 Å². The molecule has 1 N–H and O–H groups in total. The number of benzene rings is 2. The molecule has 4 nitrogen and oxygen atoms in total. The van der Waals surface area contributed by atoms with E-state index in [1.807, 2.05) is 31.2 Å². The van der Waals surface area contributed by atoms with Crippen LogP contribution in [0.2, 0.25) is 0 Å². The first-order valence-corrected chi connectivity index (χ1v) is 7.49. The highest BCUT2D eigenvalue weighted by molar-refractivity contribution is 9.11. The first-order chi connectivity index (χ1) is 9.47. The normalized spacial score (nSPS) is 10.3. The highest BCUT2D eigenvalue weighted by Crippen LogP contribution is 2.27. The van der Waals surface area contributed by atoms with Gasteiger partial charge in [-0.05, 0) is 68.1 Å². The average Bonchev–Trinajstić information content (AvgIpc) is 2.39. The Morgan fingerprint density at radius 1 is 1.15 bits per heavy atom. The fourth-order valence-corrected chi connectivity index (χ4v) is 2.79. The first kappa shape index (κ1) is 15.0. The van der Waals surface area contributed by atoms with Crippen LogP contribution in [-0.4, -0.2) is 4.92 Å². The SMILES string of the molecule is Cc1ccc(NCc2ccc(Br)c([N+](=O)[O-])c2)c(Br)c1. The van der Waals surface area contributed by atoms with E-state index >= 15 is 0 Å². The van der Waals surface area contributed by atoms with E-state index in [1.165, 1.54) is 5.56 Å². The molecule has 0 aromatic heterocycles. The van der Waals surface area contributed by atoms with Crippen molar-refractivity contribution in [2.75, 3.05) is 5.32 Å². The van der Waals surface area contributed by atoms with E-state index in [9.17, 15) is 10.1 Å². The van der Waals surface area contributed by atoms with Crippen LogP contribution >= 0.6 is 31.9 Å². The third-order valence-electron chi connectivity index (χ3n) is 2.81. The molecule has 0 spiro atoms. The lowest BCUT2D eigenvalue weighted by molar-refractivity contribution is -0.385. The molecule has 0 bridgehead atoms. The molecule has 0 fully saturated rings. The smallest absolute Gasteiger partial charge is 0.283 e. The predicted molar refractivity (Wildman–Crippen MR) is 87.0 cm³/mol. The number of nitro groups is 1. The summed E-state index contributed by atoms with van der Waals surface area (Å²) in [5.41, 5.74) is 3.06. The number of nitrogens with zero attached hydrogens (tertiary/aromatic N) is 1. The summed E-state index contributed by atoms with van der Waals surface area (Å²) in [5, 5.41) is 14.1. The second-order valence-corrected chi connectivity index (χ2v) is 6.09. The quantitative estimate of drug-likeness (QED) is 0.578. The number of nitrogens with one attached hydrogen (secondary N) is 1. The second kappa shape index (κ2) is 6.37. The van der Waals surface area contributed by atoms with Crippen LogP contribution in [0.1, 0.15) is 11.1 Å². The third-order valence-corrected chi connectivity index (χ3v) is 4.14. The molecule has 0 aliphatic rings. The molecule has 0 atom stereocenters. The number of halogens is 2. The molecule has 0 aliphatic carbocycles. The molecule has 0 heterocycles. The molecule has 20 heavy (non-hydrogen) atoms. The number of anilines is 1. The maximum Gasteiger partial charge on any atom is 0.283 e. The molecule has 0 radical (unpaired) electrons. The van der Waals surface area contributed by atoms with Crippen LogP contribution in [0.25, 0.3) is 0 Å². The van der Waals surface area contributed by atoms with Crippen molar-refractivity contribution >= 4 is 43.2 Å². The molecule has 2 aromatic carbocycles. The van der Waals surface area contributed by atoms with Gasteiger partial charge in [0.25, 0.3) is 5.69 Å². The predicted octanol–water partition coefficient (Wildman–Crippen LogP) is 5.04. The van der Waals surface area contributed by atoms with Crippen LogP contribution in [0, 0.1) is 17.0 Å². The van der Waals surface area contributed by atoms with Crippen molar-refractivity contribution in [1.29, 1.82) is 0 Å². The van der Waals surface area contributed by atoms with Crippen molar-refractivity contribution in [1.82, 2.24) is 0 Å². The minimum Gasteiger partial charge on any atom is -0.380 e. The topological polar surface area (TPSA) is 55.2 Å². The Bertz CT molecular complexity index is 660.